The summed E-state index contributed by atoms with van der Waals surface area (Å²) in [7, 11) is 3.85. The molecule has 0 radical (unpaired) electrons. The zero-order valence-corrected chi connectivity index (χ0v) is 21.6. The van der Waals surface area contributed by atoms with Gasteiger partial charge in [-0.1, -0.05) is 17.9 Å². The van der Waals surface area contributed by atoms with Crippen molar-refractivity contribution in [2.24, 2.45) is 0 Å². The molecule has 9 heteroatoms. The number of carbonyl (C=O) groups is 2. The molecule has 1 amide bonds. The molecule has 3 aromatic rings. The maximum absolute atomic E-state index is 12.8. The standard InChI is InChI=1S/C29H30N4O5/c1-20-4-9-25(16-31-20)38-24-11-13-30-26(15-24)28(35)32-23(17-34)8-7-22-6-5-21(14-27(22)33(2)3)10-12-29(36)18-37-19-29/h4-6,9,11,13-17,23,36H,7-8,18-19H2,1-3H3,(H,32,35). The van der Waals surface area contributed by atoms with Crippen molar-refractivity contribution in [3.8, 4) is 23.3 Å². The van der Waals surface area contributed by atoms with Crippen LogP contribution in [0.3, 0.4) is 0 Å². The highest BCUT2D eigenvalue weighted by molar-refractivity contribution is 5.94. The average molecular weight is 515 g/mol. The molecule has 3 heterocycles. The van der Waals surface area contributed by atoms with Crippen molar-refractivity contribution in [3.63, 3.8) is 0 Å². The Hall–Kier alpha value is -4.26. The van der Waals surface area contributed by atoms with Gasteiger partial charge in [-0.25, -0.2) is 0 Å². The highest BCUT2D eigenvalue weighted by Gasteiger charge is 2.33. The molecular formula is C29H30N4O5. The van der Waals surface area contributed by atoms with Crippen LogP contribution in [0.5, 0.6) is 11.5 Å². The number of aromatic nitrogens is 2. The van der Waals surface area contributed by atoms with Gasteiger partial charge in [0.25, 0.3) is 5.91 Å². The van der Waals surface area contributed by atoms with Gasteiger partial charge in [-0.05, 0) is 55.7 Å². The normalized spacial score (nSPS) is 14.3. The fraction of sp³-hybridized carbons (Fsp3) is 0.310. The van der Waals surface area contributed by atoms with Crippen LogP contribution in [-0.2, 0) is 16.0 Å². The van der Waals surface area contributed by atoms with Crippen molar-refractivity contribution in [2.45, 2.75) is 31.4 Å². The van der Waals surface area contributed by atoms with E-state index in [2.05, 4.69) is 27.1 Å². The Morgan fingerprint density at radius 3 is 2.68 bits per heavy atom. The summed E-state index contributed by atoms with van der Waals surface area (Å²) in [6, 6.07) is 11.9. The number of ether oxygens (including phenoxy) is 2. The maximum Gasteiger partial charge on any atom is 0.270 e. The summed E-state index contributed by atoms with van der Waals surface area (Å²) in [5, 5.41) is 12.9. The third-order valence-electron chi connectivity index (χ3n) is 5.98. The molecule has 1 fully saturated rings. The molecule has 38 heavy (non-hydrogen) atoms. The number of hydrogen-bond donors (Lipinski definition) is 2. The van der Waals surface area contributed by atoms with Crippen molar-refractivity contribution in [1.29, 1.82) is 0 Å². The van der Waals surface area contributed by atoms with Gasteiger partial charge >= 0.3 is 0 Å². The van der Waals surface area contributed by atoms with E-state index in [-0.39, 0.29) is 18.9 Å². The highest BCUT2D eigenvalue weighted by Crippen LogP contribution is 2.24. The van der Waals surface area contributed by atoms with Crippen molar-refractivity contribution in [1.82, 2.24) is 15.3 Å². The Balaban J connectivity index is 1.39. The van der Waals surface area contributed by atoms with E-state index in [1.807, 2.05) is 50.2 Å². The molecule has 2 N–H and O–H groups in total. The molecule has 1 saturated heterocycles. The number of aldehydes is 1. The minimum absolute atomic E-state index is 0.143. The van der Waals surface area contributed by atoms with Crippen molar-refractivity contribution < 1.29 is 24.2 Å². The Kier molecular flexibility index (Phi) is 8.36. The predicted octanol–water partition coefficient (Wildman–Crippen LogP) is 2.69. The zero-order valence-electron chi connectivity index (χ0n) is 21.6. The predicted molar refractivity (Wildman–Crippen MR) is 142 cm³/mol. The first-order chi connectivity index (χ1) is 18.2. The fourth-order valence-electron chi connectivity index (χ4n) is 3.80. The molecule has 1 unspecified atom stereocenters. The quantitative estimate of drug-likeness (QED) is 0.331. The van der Waals surface area contributed by atoms with Gasteiger partial charge in [0.1, 0.15) is 23.5 Å². The molecule has 196 valence electrons. The number of amides is 1. The lowest BCUT2D eigenvalue weighted by Crippen LogP contribution is -2.48. The van der Waals surface area contributed by atoms with Gasteiger partial charge in [0.05, 0.1) is 25.5 Å². The van der Waals surface area contributed by atoms with Gasteiger partial charge in [-0.15, -0.1) is 0 Å². The van der Waals surface area contributed by atoms with E-state index >= 15 is 0 Å². The zero-order chi connectivity index (χ0) is 27.1. The summed E-state index contributed by atoms with van der Waals surface area (Å²) < 4.78 is 10.8. The summed E-state index contributed by atoms with van der Waals surface area (Å²) in [6.45, 7) is 2.31. The summed E-state index contributed by atoms with van der Waals surface area (Å²) >= 11 is 0. The first-order valence-corrected chi connectivity index (χ1v) is 12.2. The van der Waals surface area contributed by atoms with Crippen molar-refractivity contribution in [2.75, 3.05) is 32.2 Å². The Labute approximate surface area is 221 Å². The third kappa shape index (κ3) is 6.94. The van der Waals surface area contributed by atoms with E-state index in [4.69, 9.17) is 9.47 Å². The van der Waals surface area contributed by atoms with Crippen LogP contribution in [0.15, 0.2) is 54.9 Å². The van der Waals surface area contributed by atoms with Gasteiger partial charge in [0.15, 0.2) is 5.60 Å². The number of benzene rings is 1. The minimum Gasteiger partial charge on any atom is -0.456 e. The van der Waals surface area contributed by atoms with Gasteiger partial charge in [-0.2, -0.15) is 0 Å². The lowest BCUT2D eigenvalue weighted by atomic mass is 10.00. The second-order valence-corrected chi connectivity index (χ2v) is 9.38. The van der Waals surface area contributed by atoms with Crippen LogP contribution in [0.2, 0.25) is 0 Å². The summed E-state index contributed by atoms with van der Waals surface area (Å²) in [5.74, 6) is 6.39. The molecule has 1 aliphatic rings. The van der Waals surface area contributed by atoms with Crippen molar-refractivity contribution in [3.05, 3.63) is 77.4 Å². The van der Waals surface area contributed by atoms with Gasteiger partial charge in [-0.3, -0.25) is 14.8 Å². The molecule has 0 spiro atoms. The van der Waals surface area contributed by atoms with E-state index in [9.17, 15) is 14.7 Å². The lowest BCUT2D eigenvalue weighted by molar-refractivity contribution is -0.140. The Morgan fingerprint density at radius 2 is 2.03 bits per heavy atom. The first kappa shape index (κ1) is 26.8. The van der Waals surface area contributed by atoms with E-state index in [0.717, 1.165) is 28.8 Å². The summed E-state index contributed by atoms with van der Waals surface area (Å²) in [6.07, 6.45) is 4.77. The molecule has 1 aliphatic heterocycles. The minimum atomic E-state index is -1.08. The second kappa shape index (κ2) is 11.9. The number of hydrogen-bond acceptors (Lipinski definition) is 8. The molecule has 4 rings (SSSR count). The number of aliphatic hydroxyl groups is 1. The Bertz CT molecular complexity index is 1360. The molecule has 0 saturated carbocycles. The van der Waals surface area contributed by atoms with Crippen LogP contribution in [0.1, 0.15) is 33.7 Å². The van der Waals surface area contributed by atoms with Crippen LogP contribution in [0.4, 0.5) is 5.69 Å². The number of rotatable bonds is 9. The summed E-state index contributed by atoms with van der Waals surface area (Å²) in [4.78, 5) is 34.9. The number of nitrogens with zero attached hydrogens (tertiary/aromatic N) is 3. The third-order valence-corrected chi connectivity index (χ3v) is 5.98. The van der Waals surface area contributed by atoms with Gasteiger partial charge in [0.2, 0.25) is 0 Å². The number of pyridine rings is 2. The van der Waals surface area contributed by atoms with Crippen LogP contribution >= 0.6 is 0 Å². The molecular weight excluding hydrogens is 484 g/mol. The molecule has 0 bridgehead atoms. The van der Waals surface area contributed by atoms with E-state index < -0.39 is 17.6 Å². The maximum atomic E-state index is 12.8. The smallest absolute Gasteiger partial charge is 0.270 e. The van der Waals surface area contributed by atoms with Crippen LogP contribution in [0.25, 0.3) is 0 Å². The van der Waals surface area contributed by atoms with Crippen molar-refractivity contribution >= 4 is 17.9 Å². The average Bonchev–Trinajstić information content (AvgIpc) is 2.90. The number of carbonyl (C=O) groups excluding carboxylic acids is 2. The van der Waals surface area contributed by atoms with Crippen LogP contribution in [0, 0.1) is 18.8 Å². The Morgan fingerprint density at radius 1 is 1.21 bits per heavy atom. The van der Waals surface area contributed by atoms with E-state index in [0.29, 0.717) is 24.3 Å². The summed E-state index contributed by atoms with van der Waals surface area (Å²) in [5.41, 5.74) is 2.66. The molecule has 1 atom stereocenters. The van der Waals surface area contributed by atoms with Gasteiger partial charge < -0.3 is 29.6 Å². The van der Waals surface area contributed by atoms with Gasteiger partial charge in [0, 0.05) is 43.3 Å². The largest absolute Gasteiger partial charge is 0.456 e. The number of anilines is 1. The monoisotopic (exact) mass is 514 g/mol. The topological polar surface area (TPSA) is 114 Å². The molecule has 1 aromatic carbocycles. The second-order valence-electron chi connectivity index (χ2n) is 9.38. The fourth-order valence-corrected chi connectivity index (χ4v) is 3.80. The van der Waals surface area contributed by atoms with Crippen LogP contribution < -0.4 is 15.0 Å². The van der Waals surface area contributed by atoms with Crippen LogP contribution in [-0.4, -0.2) is 66.2 Å². The van der Waals surface area contributed by atoms with E-state index in [1.54, 1.807) is 18.3 Å². The number of nitrogens with one attached hydrogen (secondary N) is 1. The first-order valence-electron chi connectivity index (χ1n) is 12.2. The molecule has 9 nitrogen and oxygen atoms in total. The molecule has 0 aliphatic carbocycles. The SMILES string of the molecule is Cc1ccc(Oc2ccnc(C(=O)NC(C=O)CCc3ccc(C#CC4(O)COC4)cc3N(C)C)c2)cn1. The number of aryl methyl sites for hydroxylation is 2. The lowest BCUT2D eigenvalue weighted by Gasteiger charge is -2.30. The highest BCUT2D eigenvalue weighted by atomic mass is 16.5. The molecule has 2 aromatic heterocycles. The van der Waals surface area contributed by atoms with E-state index in [1.165, 1.54) is 12.3 Å².